The van der Waals surface area contributed by atoms with E-state index in [-0.39, 0.29) is 11.7 Å². The maximum absolute atomic E-state index is 13.8. The van der Waals surface area contributed by atoms with Crippen LogP contribution in [0.3, 0.4) is 0 Å². The van der Waals surface area contributed by atoms with Crippen LogP contribution in [-0.4, -0.2) is 46.0 Å². The summed E-state index contributed by atoms with van der Waals surface area (Å²) in [6, 6.07) is 8.30. The van der Waals surface area contributed by atoms with Gasteiger partial charge in [0.2, 0.25) is 0 Å². The van der Waals surface area contributed by atoms with Crippen LogP contribution in [0.2, 0.25) is 0 Å². The van der Waals surface area contributed by atoms with E-state index in [9.17, 15) is 9.18 Å². The average Bonchev–Trinajstić information content (AvgIpc) is 3.21. The van der Waals surface area contributed by atoms with E-state index in [1.54, 1.807) is 25.2 Å². The molecule has 152 valence electrons. The molecule has 0 N–H and O–H groups in total. The van der Waals surface area contributed by atoms with Crippen LogP contribution < -0.4 is 0 Å². The van der Waals surface area contributed by atoms with Gasteiger partial charge in [0.05, 0.1) is 10.4 Å². The Morgan fingerprint density at radius 3 is 2.69 bits per heavy atom. The zero-order valence-electron chi connectivity index (χ0n) is 16.9. The van der Waals surface area contributed by atoms with E-state index in [0.717, 1.165) is 52.8 Å². The van der Waals surface area contributed by atoms with E-state index in [2.05, 4.69) is 33.1 Å². The maximum atomic E-state index is 13.8. The number of rotatable bonds is 6. The van der Waals surface area contributed by atoms with Crippen LogP contribution in [0.25, 0.3) is 21.2 Å². The van der Waals surface area contributed by atoms with Crippen LogP contribution in [0, 0.1) is 5.92 Å². The number of likely N-dealkylation sites (tertiary alicyclic amines) is 1. The fourth-order valence-corrected chi connectivity index (χ4v) is 4.68. The lowest BCUT2D eigenvalue weighted by Crippen LogP contribution is -2.42. The van der Waals surface area contributed by atoms with Crippen LogP contribution in [-0.2, 0) is 11.2 Å². The SMILES string of the molecule is CC(C)(F)CN1CCC(C(=O)Cc2cc3cc(-c4cncs4)ccc3cn2)CC1. The topological polar surface area (TPSA) is 46.1 Å². The Morgan fingerprint density at radius 2 is 2.00 bits per heavy atom. The highest BCUT2D eigenvalue weighted by Gasteiger charge is 2.28. The van der Waals surface area contributed by atoms with Crippen molar-refractivity contribution in [1.82, 2.24) is 14.9 Å². The van der Waals surface area contributed by atoms with Crippen molar-refractivity contribution in [2.75, 3.05) is 19.6 Å². The smallest absolute Gasteiger partial charge is 0.142 e. The highest BCUT2D eigenvalue weighted by molar-refractivity contribution is 7.13. The molecule has 1 aliphatic heterocycles. The summed E-state index contributed by atoms with van der Waals surface area (Å²) in [7, 11) is 0. The molecule has 3 aromatic rings. The minimum absolute atomic E-state index is 0.0509. The Hall–Kier alpha value is -2.18. The Bertz CT molecular complexity index is 989. The molecule has 4 rings (SSSR count). The predicted molar refractivity (Wildman–Crippen MR) is 116 cm³/mol. The number of hydrogen-bond acceptors (Lipinski definition) is 5. The molecule has 3 heterocycles. The number of halogens is 1. The summed E-state index contributed by atoms with van der Waals surface area (Å²) in [4.78, 5) is 24.7. The van der Waals surface area contributed by atoms with E-state index in [0.29, 0.717) is 13.0 Å². The summed E-state index contributed by atoms with van der Waals surface area (Å²) in [5.74, 6) is 0.296. The van der Waals surface area contributed by atoms with E-state index >= 15 is 0 Å². The molecule has 0 atom stereocenters. The van der Waals surface area contributed by atoms with E-state index < -0.39 is 5.67 Å². The first kappa shape index (κ1) is 20.1. The number of pyridine rings is 1. The predicted octanol–water partition coefficient (Wildman–Crippen LogP) is 4.93. The van der Waals surface area contributed by atoms with Gasteiger partial charge < -0.3 is 4.90 Å². The minimum Gasteiger partial charge on any atom is -0.300 e. The van der Waals surface area contributed by atoms with Gasteiger partial charge in [0.25, 0.3) is 0 Å². The van der Waals surface area contributed by atoms with Crippen molar-refractivity contribution in [3.05, 3.63) is 47.9 Å². The molecule has 1 saturated heterocycles. The molecule has 6 heteroatoms. The lowest BCUT2D eigenvalue weighted by atomic mass is 9.89. The fraction of sp³-hybridized carbons (Fsp3) is 0.435. The quantitative estimate of drug-likeness (QED) is 0.577. The third-order valence-electron chi connectivity index (χ3n) is 5.49. The molecule has 0 amide bonds. The minimum atomic E-state index is -1.19. The van der Waals surface area contributed by atoms with Crippen molar-refractivity contribution in [3.8, 4) is 10.4 Å². The monoisotopic (exact) mass is 411 g/mol. The highest BCUT2D eigenvalue weighted by atomic mass is 32.1. The molecule has 0 saturated carbocycles. The van der Waals surface area contributed by atoms with Crippen molar-refractivity contribution >= 4 is 27.9 Å². The van der Waals surface area contributed by atoms with Crippen LogP contribution in [0.4, 0.5) is 4.39 Å². The summed E-state index contributed by atoms with van der Waals surface area (Å²) in [6.45, 7) is 5.22. The van der Waals surface area contributed by atoms with Gasteiger partial charge in [-0.25, -0.2) is 4.39 Å². The van der Waals surface area contributed by atoms with Gasteiger partial charge in [-0.1, -0.05) is 12.1 Å². The summed E-state index contributed by atoms with van der Waals surface area (Å²) >= 11 is 1.61. The Kier molecular flexibility index (Phi) is 5.74. The standard InChI is InChI=1S/C23H26FN3OS/c1-23(2,24)14-27-7-5-16(6-8-27)21(28)11-20-10-19-9-17(22-13-25-15-29-22)3-4-18(19)12-26-20/h3-4,9-10,12-13,15-16H,5-8,11,14H2,1-2H3. The molecule has 0 bridgehead atoms. The first-order chi connectivity index (χ1) is 13.9. The molecule has 4 nitrogen and oxygen atoms in total. The third-order valence-corrected chi connectivity index (χ3v) is 6.32. The van der Waals surface area contributed by atoms with Gasteiger partial charge in [-0.05, 0) is 62.9 Å². The number of alkyl halides is 1. The van der Waals surface area contributed by atoms with E-state index in [4.69, 9.17) is 0 Å². The molecule has 1 aromatic carbocycles. The summed E-state index contributed by atoms with van der Waals surface area (Å²) in [5, 5.41) is 2.16. The maximum Gasteiger partial charge on any atom is 0.142 e. The van der Waals surface area contributed by atoms with Crippen molar-refractivity contribution in [2.45, 2.75) is 38.8 Å². The second kappa shape index (κ2) is 8.28. The molecule has 0 unspecified atom stereocenters. The van der Waals surface area contributed by atoms with E-state index in [1.165, 1.54) is 0 Å². The number of thiazole rings is 1. The molecular formula is C23H26FN3OS. The summed E-state index contributed by atoms with van der Waals surface area (Å²) in [6.07, 6.45) is 5.68. The second-order valence-corrected chi connectivity index (χ2v) is 9.40. The number of benzene rings is 1. The number of carbonyl (C=O) groups excluding carboxylic acids is 1. The summed E-state index contributed by atoms with van der Waals surface area (Å²) < 4.78 is 13.8. The molecule has 0 spiro atoms. The van der Waals surface area contributed by atoms with Crippen molar-refractivity contribution in [3.63, 3.8) is 0 Å². The lowest BCUT2D eigenvalue weighted by molar-refractivity contribution is -0.123. The van der Waals surface area contributed by atoms with Crippen LogP contribution in [0.1, 0.15) is 32.4 Å². The molecule has 2 aromatic heterocycles. The van der Waals surface area contributed by atoms with Gasteiger partial charge in [-0.2, -0.15) is 0 Å². The largest absolute Gasteiger partial charge is 0.300 e. The Labute approximate surface area is 174 Å². The van der Waals surface area contributed by atoms with Crippen molar-refractivity contribution < 1.29 is 9.18 Å². The molecule has 1 fully saturated rings. The number of carbonyl (C=O) groups is 1. The van der Waals surface area contributed by atoms with Gasteiger partial charge in [0.1, 0.15) is 11.5 Å². The average molecular weight is 412 g/mol. The van der Waals surface area contributed by atoms with E-state index in [1.807, 2.05) is 24.0 Å². The molecular weight excluding hydrogens is 385 g/mol. The molecule has 0 radical (unpaired) electrons. The number of ketones is 1. The van der Waals surface area contributed by atoms with Gasteiger partial charge in [-0.15, -0.1) is 11.3 Å². The highest BCUT2D eigenvalue weighted by Crippen LogP contribution is 2.28. The lowest BCUT2D eigenvalue weighted by Gasteiger charge is -2.33. The van der Waals surface area contributed by atoms with Crippen molar-refractivity contribution in [2.24, 2.45) is 5.92 Å². The molecule has 29 heavy (non-hydrogen) atoms. The number of Topliss-reactive ketones (excluding diaryl/α,β-unsaturated/α-hetero) is 1. The first-order valence-corrected chi connectivity index (χ1v) is 11.0. The van der Waals surface area contributed by atoms with Gasteiger partial charge in [0, 0.05) is 42.4 Å². The number of fused-ring (bicyclic) bond motifs is 1. The van der Waals surface area contributed by atoms with Gasteiger partial charge >= 0.3 is 0 Å². The van der Waals surface area contributed by atoms with Crippen LogP contribution in [0.15, 0.2) is 42.2 Å². The number of nitrogens with zero attached hydrogens (tertiary/aromatic N) is 3. The van der Waals surface area contributed by atoms with Crippen LogP contribution >= 0.6 is 11.3 Å². The zero-order chi connectivity index (χ0) is 20.4. The Morgan fingerprint density at radius 1 is 1.21 bits per heavy atom. The number of hydrogen-bond donors (Lipinski definition) is 0. The van der Waals surface area contributed by atoms with Gasteiger partial charge in [0.15, 0.2) is 0 Å². The third kappa shape index (κ3) is 5.06. The Balaban J connectivity index is 1.42. The molecule has 0 aliphatic carbocycles. The zero-order valence-corrected chi connectivity index (χ0v) is 17.7. The number of aromatic nitrogens is 2. The fourth-order valence-electron chi connectivity index (χ4n) is 4.06. The number of piperidine rings is 1. The first-order valence-electron chi connectivity index (χ1n) is 10.1. The van der Waals surface area contributed by atoms with Gasteiger partial charge in [-0.3, -0.25) is 14.8 Å². The molecule has 1 aliphatic rings. The summed E-state index contributed by atoms with van der Waals surface area (Å²) in [5.41, 5.74) is 2.59. The normalized spacial score (nSPS) is 16.4. The van der Waals surface area contributed by atoms with Crippen molar-refractivity contribution in [1.29, 1.82) is 0 Å². The second-order valence-electron chi connectivity index (χ2n) is 8.52. The van der Waals surface area contributed by atoms with Crippen LogP contribution in [0.5, 0.6) is 0 Å².